The van der Waals surface area contributed by atoms with Crippen molar-refractivity contribution < 1.29 is 19.1 Å². The van der Waals surface area contributed by atoms with Crippen LogP contribution >= 0.6 is 11.3 Å². The Labute approximate surface area is 178 Å². The molecule has 1 N–H and O–H groups in total. The molecule has 30 heavy (non-hydrogen) atoms. The lowest BCUT2D eigenvalue weighted by atomic mass is 10.1. The van der Waals surface area contributed by atoms with E-state index in [0.29, 0.717) is 23.4 Å². The second-order valence-corrected chi connectivity index (χ2v) is 7.48. The maximum atomic E-state index is 12.6. The van der Waals surface area contributed by atoms with Crippen molar-refractivity contribution in [3.05, 3.63) is 87.9 Å². The Morgan fingerprint density at radius 3 is 2.63 bits per heavy atom. The highest BCUT2D eigenvalue weighted by Crippen LogP contribution is 2.19. The van der Waals surface area contributed by atoms with Gasteiger partial charge in [-0.25, -0.2) is 4.79 Å². The third-order valence-electron chi connectivity index (χ3n) is 4.70. The van der Waals surface area contributed by atoms with E-state index in [9.17, 15) is 14.4 Å². The van der Waals surface area contributed by atoms with Crippen LogP contribution in [0.1, 0.15) is 42.5 Å². The number of hydrogen-bond acceptors (Lipinski definition) is 5. The monoisotopic (exact) mass is 422 g/mol. The summed E-state index contributed by atoms with van der Waals surface area (Å²) < 4.78 is 7.22. The number of carbonyl (C=O) groups excluding carboxylic acids is 3. The number of allylic oxidation sites excluding steroid dienone is 1. The number of nitrogens with one attached hydrogen (secondary N) is 1. The molecule has 0 bridgehead atoms. The number of hydrogen-bond donors (Lipinski definition) is 1. The second kappa shape index (κ2) is 9.37. The number of carbonyl (C=O) groups is 3. The molecule has 0 aliphatic carbocycles. The van der Waals surface area contributed by atoms with Crippen molar-refractivity contribution in [2.45, 2.75) is 20.4 Å². The quantitative estimate of drug-likeness (QED) is 0.326. The normalized spacial score (nSPS) is 10.5. The van der Waals surface area contributed by atoms with Gasteiger partial charge >= 0.3 is 5.97 Å². The molecule has 3 aromatic rings. The number of rotatable bonds is 8. The molecular formula is C23H22N2O4S. The van der Waals surface area contributed by atoms with Crippen LogP contribution in [0.25, 0.3) is 0 Å². The Kier molecular flexibility index (Phi) is 6.64. The molecule has 6 nitrogen and oxygen atoms in total. The number of aryl methyl sites for hydroxylation is 1. The highest BCUT2D eigenvalue weighted by atomic mass is 32.1. The predicted molar refractivity (Wildman–Crippen MR) is 117 cm³/mol. The average molecular weight is 423 g/mol. The van der Waals surface area contributed by atoms with E-state index in [2.05, 4.69) is 11.9 Å². The van der Waals surface area contributed by atoms with Crippen LogP contribution in [-0.4, -0.2) is 28.8 Å². The van der Waals surface area contributed by atoms with Gasteiger partial charge in [0.05, 0.1) is 16.8 Å². The number of amides is 1. The van der Waals surface area contributed by atoms with E-state index >= 15 is 0 Å². The first-order chi connectivity index (χ1) is 14.4. The first-order valence-corrected chi connectivity index (χ1v) is 10.3. The molecule has 0 fully saturated rings. The van der Waals surface area contributed by atoms with Crippen LogP contribution in [0.15, 0.2) is 59.8 Å². The molecule has 1 aromatic carbocycles. The maximum Gasteiger partial charge on any atom is 0.340 e. The molecule has 2 heterocycles. The van der Waals surface area contributed by atoms with Crippen LogP contribution in [0.5, 0.6) is 0 Å². The lowest BCUT2D eigenvalue weighted by Crippen LogP contribution is -2.18. The Bertz CT molecular complexity index is 1100. The number of esters is 1. The van der Waals surface area contributed by atoms with Gasteiger partial charge < -0.3 is 14.6 Å². The summed E-state index contributed by atoms with van der Waals surface area (Å²) >= 11 is 1.41. The highest BCUT2D eigenvalue weighted by molar-refractivity contribution is 7.08. The summed E-state index contributed by atoms with van der Waals surface area (Å²) in [5, 5.41) is 6.23. The fourth-order valence-corrected chi connectivity index (χ4v) is 3.77. The van der Waals surface area contributed by atoms with Crippen LogP contribution in [0.4, 0.5) is 5.69 Å². The number of anilines is 1. The number of para-hydroxylation sites is 1. The molecular weight excluding hydrogens is 400 g/mol. The highest BCUT2D eigenvalue weighted by Gasteiger charge is 2.19. The van der Waals surface area contributed by atoms with Crippen molar-refractivity contribution in [3.8, 4) is 0 Å². The minimum atomic E-state index is -0.676. The van der Waals surface area contributed by atoms with Crippen molar-refractivity contribution in [3.63, 3.8) is 0 Å². The number of ether oxygens (including phenoxy) is 1. The van der Waals surface area contributed by atoms with Crippen LogP contribution < -0.4 is 5.32 Å². The number of aromatic nitrogens is 1. The third kappa shape index (κ3) is 4.58. The van der Waals surface area contributed by atoms with Gasteiger partial charge in [0.1, 0.15) is 0 Å². The number of thiophene rings is 1. The summed E-state index contributed by atoms with van der Waals surface area (Å²) in [5.41, 5.74) is 3.27. The van der Waals surface area contributed by atoms with Gasteiger partial charge in [0.25, 0.3) is 5.91 Å². The van der Waals surface area contributed by atoms with Crippen LogP contribution in [0, 0.1) is 13.8 Å². The summed E-state index contributed by atoms with van der Waals surface area (Å²) in [6.07, 6.45) is 1.76. The predicted octanol–water partition coefficient (Wildman–Crippen LogP) is 4.64. The van der Waals surface area contributed by atoms with Gasteiger partial charge in [-0.15, -0.1) is 6.58 Å². The van der Waals surface area contributed by atoms with Gasteiger partial charge in [0.15, 0.2) is 6.61 Å². The van der Waals surface area contributed by atoms with Crippen LogP contribution in [-0.2, 0) is 11.3 Å². The number of ketones is 1. The fourth-order valence-electron chi connectivity index (χ4n) is 3.14. The van der Waals surface area contributed by atoms with E-state index in [4.69, 9.17) is 4.74 Å². The van der Waals surface area contributed by atoms with Gasteiger partial charge in [0, 0.05) is 28.9 Å². The summed E-state index contributed by atoms with van der Waals surface area (Å²) in [4.78, 5) is 37.5. The van der Waals surface area contributed by atoms with Gasteiger partial charge in [-0.1, -0.05) is 18.2 Å². The van der Waals surface area contributed by atoms with Crippen LogP contribution in [0.2, 0.25) is 0 Å². The first kappa shape index (κ1) is 21.3. The lowest BCUT2D eigenvalue weighted by Gasteiger charge is -2.10. The zero-order valence-electron chi connectivity index (χ0n) is 16.8. The molecule has 1 amide bonds. The second-order valence-electron chi connectivity index (χ2n) is 6.70. The van der Waals surface area contributed by atoms with Crippen molar-refractivity contribution >= 4 is 34.7 Å². The fraction of sp³-hybridized carbons (Fsp3) is 0.174. The molecule has 0 atom stereocenters. The molecule has 0 unspecified atom stereocenters. The molecule has 0 aliphatic heterocycles. The summed E-state index contributed by atoms with van der Waals surface area (Å²) in [6.45, 7) is 7.70. The Morgan fingerprint density at radius 1 is 1.17 bits per heavy atom. The van der Waals surface area contributed by atoms with E-state index in [0.717, 1.165) is 11.4 Å². The zero-order chi connectivity index (χ0) is 21.7. The zero-order valence-corrected chi connectivity index (χ0v) is 17.6. The SMILES string of the molecule is C=CCn1c(C)cc(C(=O)COC(=O)c2ccccc2NC(=O)c2ccsc2)c1C. The Balaban J connectivity index is 1.70. The Hall–Kier alpha value is -3.45. The molecule has 0 saturated carbocycles. The van der Waals surface area contributed by atoms with Gasteiger partial charge in [0.2, 0.25) is 5.78 Å². The summed E-state index contributed by atoms with van der Waals surface area (Å²) in [7, 11) is 0. The third-order valence-corrected chi connectivity index (χ3v) is 5.38. The van der Waals surface area contributed by atoms with E-state index in [-0.39, 0.29) is 23.9 Å². The molecule has 7 heteroatoms. The lowest BCUT2D eigenvalue weighted by molar-refractivity contribution is 0.0475. The molecule has 0 saturated heterocycles. The average Bonchev–Trinajstić information content (AvgIpc) is 3.37. The first-order valence-electron chi connectivity index (χ1n) is 9.33. The number of Topliss-reactive ketones (excluding diaryl/α,β-unsaturated/α-hetero) is 1. The summed E-state index contributed by atoms with van der Waals surface area (Å²) in [6, 6.07) is 10.0. The van der Waals surface area contributed by atoms with Crippen molar-refractivity contribution in [2.24, 2.45) is 0 Å². The standard InChI is InChI=1S/C23H22N2O4S/c1-4-10-25-15(2)12-19(16(25)3)21(26)13-29-23(28)18-7-5-6-8-20(18)24-22(27)17-9-11-30-14-17/h4-9,11-12,14H,1,10,13H2,2-3H3,(H,24,27). The van der Waals surface area contributed by atoms with Crippen molar-refractivity contribution in [1.29, 1.82) is 0 Å². The minimum Gasteiger partial charge on any atom is -0.454 e. The number of nitrogens with zero attached hydrogens (tertiary/aromatic N) is 1. The van der Waals surface area contributed by atoms with E-state index in [1.807, 2.05) is 18.4 Å². The van der Waals surface area contributed by atoms with E-state index in [1.54, 1.807) is 53.2 Å². The van der Waals surface area contributed by atoms with E-state index < -0.39 is 5.97 Å². The van der Waals surface area contributed by atoms with Crippen LogP contribution in [0.3, 0.4) is 0 Å². The van der Waals surface area contributed by atoms with Gasteiger partial charge in [-0.05, 0) is 43.5 Å². The number of benzene rings is 1. The topological polar surface area (TPSA) is 77.4 Å². The maximum absolute atomic E-state index is 12.6. The molecule has 0 spiro atoms. The van der Waals surface area contributed by atoms with E-state index in [1.165, 1.54) is 11.3 Å². The van der Waals surface area contributed by atoms with Crippen molar-refractivity contribution in [1.82, 2.24) is 4.57 Å². The van der Waals surface area contributed by atoms with Gasteiger partial charge in [-0.2, -0.15) is 11.3 Å². The largest absolute Gasteiger partial charge is 0.454 e. The minimum absolute atomic E-state index is 0.186. The molecule has 0 radical (unpaired) electrons. The molecule has 154 valence electrons. The smallest absolute Gasteiger partial charge is 0.340 e. The molecule has 0 aliphatic rings. The van der Waals surface area contributed by atoms with Crippen molar-refractivity contribution in [2.75, 3.05) is 11.9 Å². The Morgan fingerprint density at radius 2 is 1.93 bits per heavy atom. The molecule has 3 rings (SSSR count). The van der Waals surface area contributed by atoms with Gasteiger partial charge in [-0.3, -0.25) is 9.59 Å². The summed E-state index contributed by atoms with van der Waals surface area (Å²) in [5.74, 6) is -1.28. The molecule has 2 aromatic heterocycles.